The number of benzene rings is 1. The Balaban J connectivity index is 2.32. The molecule has 0 spiro atoms. The summed E-state index contributed by atoms with van der Waals surface area (Å²) in [6, 6.07) is 6.95. The van der Waals surface area contributed by atoms with Crippen molar-refractivity contribution in [1.82, 2.24) is 4.98 Å². The second-order valence-corrected chi connectivity index (χ2v) is 7.81. The lowest BCUT2D eigenvalue weighted by Gasteiger charge is -2.40. The van der Waals surface area contributed by atoms with E-state index in [0.717, 1.165) is 43.4 Å². The van der Waals surface area contributed by atoms with Crippen molar-refractivity contribution < 1.29 is 19.5 Å². The molecular formula is C20H22N2O4S. The van der Waals surface area contributed by atoms with E-state index in [1.807, 2.05) is 0 Å². The summed E-state index contributed by atoms with van der Waals surface area (Å²) in [5, 5.41) is 11.1. The third-order valence-electron chi connectivity index (χ3n) is 5.40. The van der Waals surface area contributed by atoms with Gasteiger partial charge in [-0.15, -0.1) is 11.3 Å². The summed E-state index contributed by atoms with van der Waals surface area (Å²) in [5.41, 5.74) is 5.53. The van der Waals surface area contributed by atoms with Crippen LogP contribution < -0.4 is 5.73 Å². The van der Waals surface area contributed by atoms with Gasteiger partial charge in [0, 0.05) is 10.9 Å². The minimum Gasteiger partial charge on any atom is -0.476 e. The van der Waals surface area contributed by atoms with E-state index in [9.17, 15) is 19.5 Å². The van der Waals surface area contributed by atoms with Crippen LogP contribution in [0.1, 0.15) is 70.4 Å². The maximum absolute atomic E-state index is 13.0. The van der Waals surface area contributed by atoms with E-state index >= 15 is 0 Å². The molecule has 1 fully saturated rings. The predicted molar refractivity (Wildman–Crippen MR) is 102 cm³/mol. The Hall–Kier alpha value is -2.54. The molecule has 1 heterocycles. The Bertz CT molecular complexity index is 886. The first-order chi connectivity index (χ1) is 12.9. The summed E-state index contributed by atoms with van der Waals surface area (Å²) >= 11 is 1.12. The molecule has 7 heteroatoms. The van der Waals surface area contributed by atoms with Crippen molar-refractivity contribution in [3.8, 4) is 0 Å². The normalized spacial score (nSPS) is 17.2. The van der Waals surface area contributed by atoms with Crippen molar-refractivity contribution >= 4 is 29.0 Å². The van der Waals surface area contributed by atoms with Gasteiger partial charge in [-0.25, -0.2) is 9.78 Å². The molecule has 1 aliphatic rings. The molecule has 1 amide bonds. The fourth-order valence-electron chi connectivity index (χ4n) is 4.17. The van der Waals surface area contributed by atoms with Crippen LogP contribution in [0.5, 0.6) is 0 Å². The van der Waals surface area contributed by atoms with Gasteiger partial charge in [-0.2, -0.15) is 0 Å². The van der Waals surface area contributed by atoms with Crippen molar-refractivity contribution in [2.75, 3.05) is 0 Å². The zero-order chi connectivity index (χ0) is 19.6. The number of hydrogen-bond acceptors (Lipinski definition) is 5. The number of rotatable bonds is 6. The zero-order valence-electron chi connectivity index (χ0n) is 15.1. The third-order valence-corrected chi connectivity index (χ3v) is 6.38. The molecule has 3 rings (SSSR count). The van der Waals surface area contributed by atoms with Crippen LogP contribution in [0.4, 0.5) is 0 Å². The highest BCUT2D eigenvalue weighted by Gasteiger charge is 2.51. The number of carbonyl (C=O) groups excluding carboxylic acids is 2. The molecule has 1 aliphatic carbocycles. The molecule has 142 valence electrons. The summed E-state index contributed by atoms with van der Waals surface area (Å²) in [5.74, 6) is -2.03. The number of nitrogens with two attached hydrogens (primary N) is 1. The molecule has 1 aromatic carbocycles. The number of thiazole rings is 1. The summed E-state index contributed by atoms with van der Waals surface area (Å²) in [4.78, 5) is 40.9. The molecule has 0 bridgehead atoms. The Morgan fingerprint density at radius 2 is 1.85 bits per heavy atom. The lowest BCUT2D eigenvalue weighted by molar-refractivity contribution is -0.124. The van der Waals surface area contributed by atoms with Gasteiger partial charge in [-0.1, -0.05) is 43.5 Å². The van der Waals surface area contributed by atoms with E-state index in [-0.39, 0.29) is 17.4 Å². The topological polar surface area (TPSA) is 110 Å². The number of primary amides is 1. The van der Waals surface area contributed by atoms with E-state index in [1.165, 1.54) is 12.3 Å². The van der Waals surface area contributed by atoms with Crippen LogP contribution in [0.2, 0.25) is 0 Å². The highest BCUT2D eigenvalue weighted by atomic mass is 32.1. The SMILES string of the molecule is CC(=O)c1ccccc1C(C(N)=O)(c1nc(C(=O)O)cs1)C1CCCCC1. The average molecular weight is 386 g/mol. The molecule has 0 radical (unpaired) electrons. The highest BCUT2D eigenvalue weighted by Crippen LogP contribution is 2.48. The summed E-state index contributed by atoms with van der Waals surface area (Å²) in [6.07, 6.45) is 4.55. The molecule has 1 saturated carbocycles. The zero-order valence-corrected chi connectivity index (χ0v) is 15.9. The molecular weight excluding hydrogens is 364 g/mol. The number of aromatic nitrogens is 1. The van der Waals surface area contributed by atoms with Crippen LogP contribution in [-0.4, -0.2) is 27.8 Å². The number of nitrogens with zero attached hydrogens (tertiary/aromatic N) is 1. The fourth-order valence-corrected chi connectivity index (χ4v) is 5.26. The van der Waals surface area contributed by atoms with E-state index in [4.69, 9.17) is 5.73 Å². The molecule has 3 N–H and O–H groups in total. The van der Waals surface area contributed by atoms with Gasteiger partial charge in [-0.05, 0) is 31.2 Å². The van der Waals surface area contributed by atoms with Crippen molar-refractivity contribution in [3.05, 3.63) is 51.5 Å². The summed E-state index contributed by atoms with van der Waals surface area (Å²) in [6.45, 7) is 1.45. The van der Waals surface area contributed by atoms with Gasteiger partial charge in [0.2, 0.25) is 5.91 Å². The van der Waals surface area contributed by atoms with Gasteiger partial charge < -0.3 is 10.8 Å². The minimum absolute atomic E-state index is 0.114. The average Bonchev–Trinajstić information content (AvgIpc) is 3.14. The lowest BCUT2D eigenvalue weighted by atomic mass is 9.63. The maximum atomic E-state index is 13.0. The number of Topliss-reactive ketones (excluding diaryl/α,β-unsaturated/α-hetero) is 1. The van der Waals surface area contributed by atoms with Crippen LogP contribution in [-0.2, 0) is 10.2 Å². The van der Waals surface area contributed by atoms with Gasteiger partial charge in [0.1, 0.15) is 10.4 Å². The summed E-state index contributed by atoms with van der Waals surface area (Å²) in [7, 11) is 0. The van der Waals surface area contributed by atoms with Gasteiger partial charge in [0.15, 0.2) is 11.5 Å². The summed E-state index contributed by atoms with van der Waals surface area (Å²) < 4.78 is 0. The van der Waals surface area contributed by atoms with Gasteiger partial charge in [-0.3, -0.25) is 9.59 Å². The lowest BCUT2D eigenvalue weighted by Crippen LogP contribution is -2.49. The van der Waals surface area contributed by atoms with Crippen molar-refractivity contribution in [2.45, 2.75) is 44.4 Å². The largest absolute Gasteiger partial charge is 0.476 e. The maximum Gasteiger partial charge on any atom is 0.355 e. The monoisotopic (exact) mass is 386 g/mol. The van der Waals surface area contributed by atoms with Gasteiger partial charge >= 0.3 is 5.97 Å². The molecule has 0 aliphatic heterocycles. The highest BCUT2D eigenvalue weighted by molar-refractivity contribution is 7.10. The number of amides is 1. The smallest absolute Gasteiger partial charge is 0.355 e. The number of ketones is 1. The molecule has 1 atom stereocenters. The minimum atomic E-state index is -1.30. The van der Waals surface area contributed by atoms with E-state index in [1.54, 1.807) is 24.3 Å². The van der Waals surface area contributed by atoms with Crippen LogP contribution in [0.3, 0.4) is 0 Å². The van der Waals surface area contributed by atoms with Crippen LogP contribution >= 0.6 is 11.3 Å². The van der Waals surface area contributed by atoms with E-state index in [0.29, 0.717) is 16.1 Å². The first-order valence-electron chi connectivity index (χ1n) is 8.98. The second kappa shape index (κ2) is 7.60. The number of carbonyl (C=O) groups is 3. The van der Waals surface area contributed by atoms with E-state index in [2.05, 4.69) is 4.98 Å². The Kier molecular flexibility index (Phi) is 5.41. The van der Waals surface area contributed by atoms with Crippen LogP contribution in [0.15, 0.2) is 29.6 Å². The predicted octanol–water partition coefficient (Wildman–Crippen LogP) is 3.40. The Labute approximate surface area is 161 Å². The standard InChI is InChI=1S/C20H22N2O4S/c1-12(23)14-9-5-6-10-15(14)20(18(21)26,13-7-3-2-4-8-13)19-22-16(11-27-19)17(24)25/h5-6,9-11,13H,2-4,7-8H2,1H3,(H2,21,26)(H,24,25). The number of carboxylic acids is 1. The van der Waals surface area contributed by atoms with Crippen molar-refractivity contribution in [2.24, 2.45) is 11.7 Å². The molecule has 6 nitrogen and oxygen atoms in total. The van der Waals surface area contributed by atoms with Crippen LogP contribution in [0, 0.1) is 5.92 Å². The molecule has 1 unspecified atom stereocenters. The Morgan fingerprint density at radius 3 is 2.41 bits per heavy atom. The van der Waals surface area contributed by atoms with Crippen molar-refractivity contribution in [3.63, 3.8) is 0 Å². The van der Waals surface area contributed by atoms with E-state index < -0.39 is 17.3 Å². The number of hydrogen-bond donors (Lipinski definition) is 2. The second-order valence-electron chi connectivity index (χ2n) is 6.95. The first kappa shape index (κ1) is 19.2. The van der Waals surface area contributed by atoms with Gasteiger partial charge in [0.25, 0.3) is 0 Å². The quantitative estimate of drug-likeness (QED) is 0.739. The first-order valence-corrected chi connectivity index (χ1v) is 9.86. The van der Waals surface area contributed by atoms with Gasteiger partial charge in [0.05, 0.1) is 0 Å². The number of aromatic carboxylic acids is 1. The van der Waals surface area contributed by atoms with Crippen molar-refractivity contribution in [1.29, 1.82) is 0 Å². The molecule has 0 saturated heterocycles. The molecule has 1 aromatic heterocycles. The third kappa shape index (κ3) is 3.27. The number of carboxylic acid groups (broad SMARTS) is 1. The fraction of sp³-hybridized carbons (Fsp3) is 0.400. The Morgan fingerprint density at radius 1 is 1.19 bits per heavy atom. The molecule has 27 heavy (non-hydrogen) atoms. The molecule has 2 aromatic rings. The van der Waals surface area contributed by atoms with Crippen LogP contribution in [0.25, 0.3) is 0 Å².